The Morgan fingerprint density at radius 3 is 2.50 bits per heavy atom. The fourth-order valence-corrected chi connectivity index (χ4v) is 3.48. The van der Waals surface area contributed by atoms with E-state index in [9.17, 15) is 4.39 Å². The van der Waals surface area contributed by atoms with Gasteiger partial charge in [-0.3, -0.25) is 4.90 Å². The molecule has 0 amide bonds. The van der Waals surface area contributed by atoms with Crippen LogP contribution in [0.4, 0.5) is 4.39 Å². The van der Waals surface area contributed by atoms with Crippen LogP contribution in [0.25, 0.3) is 11.4 Å². The SMILES string of the molecule is CC(C)Sc1nnc(-c2ccc(F)cc2)n1CCN1CCOCC1. The van der Waals surface area contributed by atoms with Crippen LogP contribution >= 0.6 is 11.8 Å². The van der Waals surface area contributed by atoms with Crippen LogP contribution in [0.1, 0.15) is 13.8 Å². The Kier molecular flexibility index (Phi) is 5.86. The van der Waals surface area contributed by atoms with E-state index in [4.69, 9.17) is 4.74 Å². The van der Waals surface area contributed by atoms with Crippen molar-refractivity contribution in [2.24, 2.45) is 0 Å². The molecule has 24 heavy (non-hydrogen) atoms. The highest BCUT2D eigenvalue weighted by Crippen LogP contribution is 2.26. The Morgan fingerprint density at radius 2 is 1.83 bits per heavy atom. The number of thioether (sulfide) groups is 1. The minimum absolute atomic E-state index is 0.241. The van der Waals surface area contributed by atoms with Crippen molar-refractivity contribution in [3.63, 3.8) is 0 Å². The smallest absolute Gasteiger partial charge is 0.191 e. The van der Waals surface area contributed by atoms with Crippen molar-refractivity contribution in [2.75, 3.05) is 32.8 Å². The van der Waals surface area contributed by atoms with E-state index < -0.39 is 0 Å². The molecule has 1 fully saturated rings. The second-order valence-electron chi connectivity index (χ2n) is 6.09. The van der Waals surface area contributed by atoms with E-state index in [2.05, 4.69) is 33.5 Å². The summed E-state index contributed by atoms with van der Waals surface area (Å²) < 4.78 is 20.8. The number of ether oxygens (including phenoxy) is 1. The molecule has 5 nitrogen and oxygen atoms in total. The van der Waals surface area contributed by atoms with E-state index in [1.165, 1.54) is 12.1 Å². The molecule has 0 aliphatic carbocycles. The largest absolute Gasteiger partial charge is 0.379 e. The van der Waals surface area contributed by atoms with Crippen molar-refractivity contribution in [2.45, 2.75) is 30.8 Å². The first kappa shape index (κ1) is 17.4. The molecule has 0 atom stereocenters. The van der Waals surface area contributed by atoms with Gasteiger partial charge in [-0.1, -0.05) is 25.6 Å². The molecule has 0 saturated carbocycles. The Morgan fingerprint density at radius 1 is 1.12 bits per heavy atom. The Balaban J connectivity index is 1.82. The van der Waals surface area contributed by atoms with Gasteiger partial charge in [-0.05, 0) is 24.3 Å². The molecule has 2 aromatic rings. The topological polar surface area (TPSA) is 43.2 Å². The van der Waals surface area contributed by atoms with E-state index in [-0.39, 0.29) is 5.82 Å². The molecule has 1 saturated heterocycles. The molecule has 0 radical (unpaired) electrons. The molecule has 1 aliphatic heterocycles. The van der Waals surface area contributed by atoms with Gasteiger partial charge in [0.15, 0.2) is 11.0 Å². The summed E-state index contributed by atoms with van der Waals surface area (Å²) in [5, 5.41) is 10.1. The molecule has 0 unspecified atom stereocenters. The van der Waals surface area contributed by atoms with Gasteiger partial charge in [-0.2, -0.15) is 0 Å². The lowest BCUT2D eigenvalue weighted by atomic mass is 10.2. The number of nitrogens with zero attached hydrogens (tertiary/aromatic N) is 4. The number of hydrogen-bond donors (Lipinski definition) is 0. The standard InChI is InChI=1S/C17H23FN4OS/c1-13(2)24-17-20-19-16(14-3-5-15(18)6-4-14)22(17)8-7-21-9-11-23-12-10-21/h3-6,13H,7-12H2,1-2H3. The molecule has 1 aromatic heterocycles. The number of aromatic nitrogens is 3. The molecule has 7 heteroatoms. The zero-order valence-corrected chi connectivity index (χ0v) is 14.9. The van der Waals surface area contributed by atoms with Crippen molar-refractivity contribution in [1.29, 1.82) is 0 Å². The van der Waals surface area contributed by atoms with E-state index in [1.54, 1.807) is 23.9 Å². The number of halogens is 1. The molecular formula is C17H23FN4OS. The van der Waals surface area contributed by atoms with Crippen LogP contribution in [-0.2, 0) is 11.3 Å². The molecule has 2 heterocycles. The second-order valence-corrected chi connectivity index (χ2v) is 7.63. The van der Waals surface area contributed by atoms with E-state index in [1.807, 2.05) is 0 Å². The number of benzene rings is 1. The Bertz CT molecular complexity index is 653. The summed E-state index contributed by atoms with van der Waals surface area (Å²) >= 11 is 1.70. The summed E-state index contributed by atoms with van der Waals surface area (Å²) in [5.74, 6) is 0.557. The summed E-state index contributed by atoms with van der Waals surface area (Å²) in [7, 11) is 0. The summed E-state index contributed by atoms with van der Waals surface area (Å²) in [6.07, 6.45) is 0. The van der Waals surface area contributed by atoms with Gasteiger partial charge in [0.2, 0.25) is 0 Å². The zero-order chi connectivity index (χ0) is 16.9. The highest BCUT2D eigenvalue weighted by atomic mass is 32.2. The quantitative estimate of drug-likeness (QED) is 0.750. The maximum atomic E-state index is 13.2. The molecule has 0 bridgehead atoms. The molecule has 1 aliphatic rings. The Hall–Kier alpha value is -1.44. The summed E-state index contributed by atoms with van der Waals surface area (Å²) in [6.45, 7) is 9.53. The molecule has 0 spiro atoms. The second kappa shape index (κ2) is 8.09. The monoisotopic (exact) mass is 350 g/mol. The van der Waals surface area contributed by atoms with Crippen molar-refractivity contribution >= 4 is 11.8 Å². The molecule has 130 valence electrons. The van der Waals surface area contributed by atoms with E-state index in [0.717, 1.165) is 55.9 Å². The van der Waals surface area contributed by atoms with Gasteiger partial charge in [-0.25, -0.2) is 4.39 Å². The van der Waals surface area contributed by atoms with Gasteiger partial charge in [0.25, 0.3) is 0 Å². The lowest BCUT2D eigenvalue weighted by molar-refractivity contribution is 0.0361. The first-order valence-corrected chi connectivity index (χ1v) is 9.17. The normalized spacial score (nSPS) is 16.0. The molecule has 3 rings (SSSR count). The number of morpholine rings is 1. The van der Waals surface area contributed by atoms with Gasteiger partial charge in [0, 0.05) is 37.0 Å². The zero-order valence-electron chi connectivity index (χ0n) is 14.1. The summed E-state index contributed by atoms with van der Waals surface area (Å²) in [6, 6.07) is 6.44. The fraction of sp³-hybridized carbons (Fsp3) is 0.529. The summed E-state index contributed by atoms with van der Waals surface area (Å²) in [4.78, 5) is 2.39. The van der Waals surface area contributed by atoms with Crippen LogP contribution in [0.15, 0.2) is 29.4 Å². The van der Waals surface area contributed by atoms with Crippen LogP contribution in [-0.4, -0.2) is 57.8 Å². The predicted molar refractivity (Wildman–Crippen MR) is 93.7 cm³/mol. The summed E-state index contributed by atoms with van der Waals surface area (Å²) in [5.41, 5.74) is 0.890. The predicted octanol–water partition coefficient (Wildman–Crippen LogP) is 2.92. The maximum Gasteiger partial charge on any atom is 0.191 e. The number of hydrogen-bond acceptors (Lipinski definition) is 5. The lowest BCUT2D eigenvalue weighted by Gasteiger charge is -2.27. The highest BCUT2D eigenvalue weighted by molar-refractivity contribution is 7.99. The minimum Gasteiger partial charge on any atom is -0.379 e. The van der Waals surface area contributed by atoms with Crippen molar-refractivity contribution in [1.82, 2.24) is 19.7 Å². The van der Waals surface area contributed by atoms with Crippen molar-refractivity contribution < 1.29 is 9.13 Å². The van der Waals surface area contributed by atoms with Crippen molar-refractivity contribution in [3.05, 3.63) is 30.1 Å². The van der Waals surface area contributed by atoms with Crippen LogP contribution in [0.5, 0.6) is 0 Å². The average molecular weight is 350 g/mol. The third-order valence-electron chi connectivity index (χ3n) is 3.90. The first-order valence-electron chi connectivity index (χ1n) is 8.29. The minimum atomic E-state index is -0.241. The molecule has 0 N–H and O–H groups in total. The first-order chi connectivity index (χ1) is 11.6. The maximum absolute atomic E-state index is 13.2. The van der Waals surface area contributed by atoms with Crippen LogP contribution in [0.3, 0.4) is 0 Å². The lowest BCUT2D eigenvalue weighted by Crippen LogP contribution is -2.38. The van der Waals surface area contributed by atoms with Crippen LogP contribution in [0.2, 0.25) is 0 Å². The van der Waals surface area contributed by atoms with Crippen LogP contribution in [0, 0.1) is 5.82 Å². The van der Waals surface area contributed by atoms with Gasteiger partial charge >= 0.3 is 0 Å². The third kappa shape index (κ3) is 4.34. The van der Waals surface area contributed by atoms with Crippen LogP contribution < -0.4 is 0 Å². The third-order valence-corrected chi connectivity index (χ3v) is 4.89. The van der Waals surface area contributed by atoms with Gasteiger partial charge < -0.3 is 9.30 Å². The Labute approximate surface area is 146 Å². The van der Waals surface area contributed by atoms with Gasteiger partial charge in [0.05, 0.1) is 13.2 Å². The highest BCUT2D eigenvalue weighted by Gasteiger charge is 2.17. The van der Waals surface area contributed by atoms with Crippen molar-refractivity contribution in [3.8, 4) is 11.4 Å². The number of rotatable bonds is 6. The van der Waals surface area contributed by atoms with E-state index in [0.29, 0.717) is 5.25 Å². The van der Waals surface area contributed by atoms with E-state index >= 15 is 0 Å². The van der Waals surface area contributed by atoms with Gasteiger partial charge in [0.1, 0.15) is 5.82 Å². The fourth-order valence-electron chi connectivity index (χ4n) is 2.67. The molecule has 1 aromatic carbocycles. The average Bonchev–Trinajstić information content (AvgIpc) is 2.96. The van der Waals surface area contributed by atoms with Gasteiger partial charge in [-0.15, -0.1) is 10.2 Å². The molecular weight excluding hydrogens is 327 g/mol.